The van der Waals surface area contributed by atoms with Crippen molar-refractivity contribution in [3.05, 3.63) is 69.6 Å². The van der Waals surface area contributed by atoms with Crippen LogP contribution in [0.2, 0.25) is 0 Å². The van der Waals surface area contributed by atoms with Crippen LogP contribution in [0.25, 0.3) is 0 Å². The van der Waals surface area contributed by atoms with Crippen molar-refractivity contribution in [1.29, 1.82) is 0 Å². The largest absolute Gasteiger partial charge is 0.465 e. The van der Waals surface area contributed by atoms with Crippen LogP contribution in [0.15, 0.2) is 47.3 Å². The molecule has 0 unspecified atom stereocenters. The molecule has 4 heteroatoms. The lowest BCUT2D eigenvalue weighted by molar-refractivity contribution is 0.0600. The number of hydrogen-bond acceptors (Lipinski definition) is 3. The Balaban J connectivity index is 2.34. The Morgan fingerprint density at radius 2 is 1.95 bits per heavy atom. The number of ether oxygens (including phenoxy) is 1. The van der Waals surface area contributed by atoms with Gasteiger partial charge < -0.3 is 9.30 Å². The maximum Gasteiger partial charge on any atom is 0.337 e. The van der Waals surface area contributed by atoms with Crippen LogP contribution < -0.4 is 5.56 Å². The maximum absolute atomic E-state index is 11.8. The summed E-state index contributed by atoms with van der Waals surface area (Å²) >= 11 is 0. The average molecular weight is 257 g/mol. The quantitative estimate of drug-likeness (QED) is 0.790. The van der Waals surface area contributed by atoms with Gasteiger partial charge in [0.15, 0.2) is 0 Å². The summed E-state index contributed by atoms with van der Waals surface area (Å²) in [5, 5.41) is 0. The van der Waals surface area contributed by atoms with E-state index in [1.54, 1.807) is 28.8 Å². The van der Waals surface area contributed by atoms with Crippen molar-refractivity contribution in [2.24, 2.45) is 0 Å². The van der Waals surface area contributed by atoms with Gasteiger partial charge in [-0.15, -0.1) is 0 Å². The predicted octanol–water partition coefficient (Wildman–Crippen LogP) is 1.99. The molecule has 0 fully saturated rings. The molecule has 0 spiro atoms. The van der Waals surface area contributed by atoms with Gasteiger partial charge in [-0.05, 0) is 30.7 Å². The lowest BCUT2D eigenvalue weighted by atomic mass is 10.1. The molecule has 0 N–H and O–H groups in total. The van der Waals surface area contributed by atoms with Gasteiger partial charge >= 0.3 is 5.97 Å². The summed E-state index contributed by atoms with van der Waals surface area (Å²) in [7, 11) is 1.35. The first kappa shape index (κ1) is 13.1. The van der Waals surface area contributed by atoms with Crippen molar-refractivity contribution in [2.45, 2.75) is 13.5 Å². The zero-order chi connectivity index (χ0) is 13.8. The minimum atomic E-state index is -0.376. The maximum atomic E-state index is 11.8. The Kier molecular flexibility index (Phi) is 3.80. The number of carbonyl (C=O) groups is 1. The van der Waals surface area contributed by atoms with E-state index in [0.29, 0.717) is 12.1 Å². The van der Waals surface area contributed by atoms with E-state index in [-0.39, 0.29) is 11.5 Å². The highest BCUT2D eigenvalue weighted by Gasteiger charge is 2.07. The molecule has 98 valence electrons. The van der Waals surface area contributed by atoms with Gasteiger partial charge in [0.05, 0.1) is 19.2 Å². The summed E-state index contributed by atoms with van der Waals surface area (Å²) in [5.41, 5.74) is 2.21. The Morgan fingerprint density at radius 3 is 2.63 bits per heavy atom. The standard InChI is InChI=1S/C15H15NO3/c1-11-5-3-8-14(17)16(11)10-12-6-4-7-13(9-12)15(18)19-2/h3-9H,10H2,1-2H3. The van der Waals surface area contributed by atoms with Gasteiger partial charge in [0.25, 0.3) is 5.56 Å². The van der Waals surface area contributed by atoms with E-state index in [1.165, 1.54) is 13.2 Å². The molecule has 2 rings (SSSR count). The minimum absolute atomic E-state index is 0.0523. The number of aryl methyl sites for hydroxylation is 1. The van der Waals surface area contributed by atoms with Gasteiger partial charge in [0.1, 0.15) is 0 Å². The molecule has 1 aromatic heterocycles. The van der Waals surface area contributed by atoms with Gasteiger partial charge in [0, 0.05) is 11.8 Å². The minimum Gasteiger partial charge on any atom is -0.465 e. The number of nitrogens with zero attached hydrogens (tertiary/aromatic N) is 1. The number of methoxy groups -OCH3 is 1. The van der Waals surface area contributed by atoms with E-state index in [4.69, 9.17) is 0 Å². The summed E-state index contributed by atoms with van der Waals surface area (Å²) in [5.74, 6) is -0.376. The van der Waals surface area contributed by atoms with Gasteiger partial charge in [0.2, 0.25) is 0 Å². The Bertz CT molecular complexity index is 658. The smallest absolute Gasteiger partial charge is 0.337 e. The van der Waals surface area contributed by atoms with Crippen LogP contribution in [-0.2, 0) is 11.3 Å². The van der Waals surface area contributed by atoms with Crippen LogP contribution in [0.1, 0.15) is 21.6 Å². The van der Waals surface area contributed by atoms with Crippen molar-refractivity contribution in [2.75, 3.05) is 7.11 Å². The van der Waals surface area contributed by atoms with E-state index >= 15 is 0 Å². The Labute approximate surface area is 111 Å². The van der Waals surface area contributed by atoms with E-state index in [0.717, 1.165) is 11.3 Å². The number of hydrogen-bond donors (Lipinski definition) is 0. The number of rotatable bonds is 3. The normalized spacial score (nSPS) is 10.2. The van der Waals surface area contributed by atoms with Crippen molar-refractivity contribution in [3.8, 4) is 0 Å². The van der Waals surface area contributed by atoms with E-state index in [9.17, 15) is 9.59 Å². The highest BCUT2D eigenvalue weighted by molar-refractivity contribution is 5.89. The summed E-state index contributed by atoms with van der Waals surface area (Å²) in [6.07, 6.45) is 0. The van der Waals surface area contributed by atoms with Crippen LogP contribution in [0.4, 0.5) is 0 Å². The third kappa shape index (κ3) is 2.91. The topological polar surface area (TPSA) is 48.3 Å². The summed E-state index contributed by atoms with van der Waals surface area (Å²) in [6, 6.07) is 12.2. The summed E-state index contributed by atoms with van der Waals surface area (Å²) in [4.78, 5) is 23.3. The van der Waals surface area contributed by atoms with Crippen molar-refractivity contribution >= 4 is 5.97 Å². The van der Waals surface area contributed by atoms with Crippen molar-refractivity contribution < 1.29 is 9.53 Å². The highest BCUT2D eigenvalue weighted by atomic mass is 16.5. The molecule has 0 aliphatic carbocycles. The Hall–Kier alpha value is -2.36. The number of benzene rings is 1. The number of aromatic nitrogens is 1. The second-order valence-electron chi connectivity index (χ2n) is 4.28. The Morgan fingerprint density at radius 1 is 1.21 bits per heavy atom. The lowest BCUT2D eigenvalue weighted by Gasteiger charge is -2.10. The molecule has 0 aliphatic rings. The van der Waals surface area contributed by atoms with E-state index in [1.807, 2.05) is 19.1 Å². The average Bonchev–Trinajstić information content (AvgIpc) is 2.42. The lowest BCUT2D eigenvalue weighted by Crippen LogP contribution is -2.21. The fourth-order valence-electron chi connectivity index (χ4n) is 1.92. The summed E-state index contributed by atoms with van der Waals surface area (Å²) < 4.78 is 6.34. The van der Waals surface area contributed by atoms with E-state index in [2.05, 4.69) is 4.74 Å². The third-order valence-electron chi connectivity index (χ3n) is 2.96. The molecule has 1 aromatic carbocycles. The molecule has 0 radical (unpaired) electrons. The first-order chi connectivity index (χ1) is 9.11. The SMILES string of the molecule is COC(=O)c1cccc(Cn2c(C)cccc2=O)c1. The summed E-state index contributed by atoms with van der Waals surface area (Å²) in [6.45, 7) is 2.32. The molecular formula is C15H15NO3. The monoisotopic (exact) mass is 257 g/mol. The molecule has 0 atom stereocenters. The van der Waals surface area contributed by atoms with Crippen molar-refractivity contribution in [1.82, 2.24) is 4.57 Å². The molecule has 4 nitrogen and oxygen atoms in total. The molecule has 2 aromatic rings. The highest BCUT2D eigenvalue weighted by Crippen LogP contribution is 2.08. The second kappa shape index (κ2) is 5.52. The zero-order valence-electron chi connectivity index (χ0n) is 10.9. The third-order valence-corrected chi connectivity index (χ3v) is 2.96. The first-order valence-corrected chi connectivity index (χ1v) is 5.95. The van der Waals surface area contributed by atoms with Gasteiger partial charge in [-0.1, -0.05) is 18.2 Å². The number of pyridine rings is 1. The van der Waals surface area contributed by atoms with Crippen LogP contribution in [0.3, 0.4) is 0 Å². The predicted molar refractivity (Wildman–Crippen MR) is 72.3 cm³/mol. The van der Waals surface area contributed by atoms with Crippen LogP contribution >= 0.6 is 0 Å². The molecule has 0 bridgehead atoms. The number of carbonyl (C=O) groups excluding carboxylic acids is 1. The van der Waals surface area contributed by atoms with Crippen LogP contribution in [0.5, 0.6) is 0 Å². The second-order valence-corrected chi connectivity index (χ2v) is 4.28. The molecule has 0 aliphatic heterocycles. The molecule has 0 saturated carbocycles. The zero-order valence-corrected chi connectivity index (χ0v) is 10.9. The fourth-order valence-corrected chi connectivity index (χ4v) is 1.92. The number of esters is 1. The van der Waals surface area contributed by atoms with Crippen LogP contribution in [0, 0.1) is 6.92 Å². The first-order valence-electron chi connectivity index (χ1n) is 5.95. The van der Waals surface area contributed by atoms with Gasteiger partial charge in [-0.2, -0.15) is 0 Å². The fraction of sp³-hybridized carbons (Fsp3) is 0.200. The molecule has 0 amide bonds. The molecule has 1 heterocycles. The molecule has 0 saturated heterocycles. The van der Waals surface area contributed by atoms with Gasteiger partial charge in [-0.25, -0.2) is 4.79 Å². The van der Waals surface area contributed by atoms with Crippen molar-refractivity contribution in [3.63, 3.8) is 0 Å². The van der Waals surface area contributed by atoms with Gasteiger partial charge in [-0.3, -0.25) is 4.79 Å². The molecule has 19 heavy (non-hydrogen) atoms. The van der Waals surface area contributed by atoms with Crippen LogP contribution in [-0.4, -0.2) is 17.6 Å². The molecular weight excluding hydrogens is 242 g/mol. The van der Waals surface area contributed by atoms with E-state index < -0.39 is 0 Å².